The Kier molecular flexibility index (Phi) is 4.19. The maximum absolute atomic E-state index is 14.1. The lowest BCUT2D eigenvalue weighted by atomic mass is 9.57. The Morgan fingerprint density at radius 2 is 1.85 bits per heavy atom. The molecule has 1 saturated heterocycles. The molecule has 0 unspecified atom stereocenters. The lowest BCUT2D eigenvalue weighted by Crippen LogP contribution is -2.62. The molecular weight excluding hydrogens is 446 g/mol. The Labute approximate surface area is 195 Å². The minimum absolute atomic E-state index is 0.146. The molecule has 1 spiro atoms. The molecule has 33 heavy (non-hydrogen) atoms. The molecule has 0 atom stereocenters. The first kappa shape index (κ1) is 19.9. The summed E-state index contributed by atoms with van der Waals surface area (Å²) in [6, 6.07) is 7.62. The predicted octanol–water partition coefficient (Wildman–Crippen LogP) is 4.46. The molecule has 3 fully saturated rings. The molecule has 2 aliphatic carbocycles. The van der Waals surface area contributed by atoms with Crippen molar-refractivity contribution in [1.82, 2.24) is 24.6 Å². The predicted molar refractivity (Wildman–Crippen MR) is 119 cm³/mol. The summed E-state index contributed by atoms with van der Waals surface area (Å²) in [6.45, 7) is 3.15. The summed E-state index contributed by atoms with van der Waals surface area (Å²) in [7, 11) is 0. The van der Waals surface area contributed by atoms with Crippen molar-refractivity contribution in [3.63, 3.8) is 0 Å². The second kappa shape index (κ2) is 6.96. The summed E-state index contributed by atoms with van der Waals surface area (Å²) in [6.07, 6.45) is 5.52. The molecule has 0 N–H and O–H groups in total. The van der Waals surface area contributed by atoms with Crippen molar-refractivity contribution in [2.75, 3.05) is 18.0 Å². The van der Waals surface area contributed by atoms with Crippen LogP contribution in [0.25, 0.3) is 5.69 Å². The number of benzene rings is 1. The summed E-state index contributed by atoms with van der Waals surface area (Å²) >= 11 is 6.35. The van der Waals surface area contributed by atoms with Gasteiger partial charge in [-0.25, -0.2) is 13.8 Å². The van der Waals surface area contributed by atoms with E-state index < -0.39 is 11.6 Å². The van der Waals surface area contributed by atoms with Gasteiger partial charge in [-0.15, -0.1) is 10.2 Å². The first-order chi connectivity index (χ1) is 16.0. The van der Waals surface area contributed by atoms with Gasteiger partial charge >= 0.3 is 0 Å². The third kappa shape index (κ3) is 3.18. The van der Waals surface area contributed by atoms with Crippen LogP contribution >= 0.6 is 11.6 Å². The summed E-state index contributed by atoms with van der Waals surface area (Å²) in [4.78, 5) is 8.35. The summed E-state index contributed by atoms with van der Waals surface area (Å²) in [5.74, 6) is 1.32. The van der Waals surface area contributed by atoms with Gasteiger partial charge in [-0.05, 0) is 49.4 Å². The van der Waals surface area contributed by atoms with Crippen LogP contribution in [0, 0.1) is 17.0 Å². The average molecular weight is 469 g/mol. The van der Waals surface area contributed by atoms with E-state index in [4.69, 9.17) is 11.6 Å². The van der Waals surface area contributed by atoms with E-state index >= 15 is 0 Å². The first-order valence-electron chi connectivity index (χ1n) is 11.5. The number of fused-ring (bicyclic) bond motifs is 3. The highest BCUT2D eigenvalue weighted by atomic mass is 35.5. The van der Waals surface area contributed by atoms with Crippen LogP contribution in [0.4, 0.5) is 14.6 Å². The van der Waals surface area contributed by atoms with Crippen molar-refractivity contribution in [2.45, 2.75) is 50.7 Å². The second-order valence-corrected chi connectivity index (χ2v) is 10.6. The van der Waals surface area contributed by atoms with E-state index in [1.54, 1.807) is 0 Å². The molecule has 2 saturated carbocycles. The SMILES string of the molecule is Fc1cnc(N2CC3(CC(c4nnc5n4-c4ccc(Cl)cc4CN(C4CC4)C5)C3)C2)c(F)c1. The third-order valence-electron chi connectivity index (χ3n) is 7.68. The second-order valence-electron chi connectivity index (χ2n) is 10.1. The standard InChI is InChI=1S/C24H23ClF2N6/c25-16-1-4-20-14(5-16)10-31(18-2-3-18)11-21-29-30-22(33(20)21)15-7-24(8-15)12-32(13-24)23-19(27)6-17(26)9-28-23/h1,4-6,9,15,18H,2-3,7-8,10-13H2. The van der Waals surface area contributed by atoms with E-state index in [2.05, 4.69) is 36.8 Å². The van der Waals surface area contributed by atoms with Gasteiger partial charge in [0.25, 0.3) is 0 Å². The average Bonchev–Trinajstić information content (AvgIpc) is 3.51. The molecule has 1 aromatic carbocycles. The van der Waals surface area contributed by atoms with Crippen LogP contribution in [-0.4, -0.2) is 43.8 Å². The number of halogens is 3. The van der Waals surface area contributed by atoms with E-state index in [0.717, 1.165) is 73.6 Å². The molecule has 9 heteroatoms. The Balaban J connectivity index is 1.14. The Hall–Kier alpha value is -2.58. The van der Waals surface area contributed by atoms with E-state index in [0.29, 0.717) is 12.0 Å². The summed E-state index contributed by atoms with van der Waals surface area (Å²) in [5, 5.41) is 10.0. The molecular formula is C24H23ClF2N6. The van der Waals surface area contributed by atoms with Crippen molar-refractivity contribution in [3.8, 4) is 5.69 Å². The van der Waals surface area contributed by atoms with Gasteiger partial charge in [-0.1, -0.05) is 11.6 Å². The van der Waals surface area contributed by atoms with Gasteiger partial charge in [-0.3, -0.25) is 9.47 Å². The number of nitrogens with zero attached hydrogens (tertiary/aromatic N) is 6. The van der Waals surface area contributed by atoms with Gasteiger partial charge in [-0.2, -0.15) is 0 Å². The highest BCUT2D eigenvalue weighted by Crippen LogP contribution is 2.56. The lowest BCUT2D eigenvalue weighted by molar-refractivity contribution is 0.0575. The molecule has 0 amide bonds. The molecule has 0 bridgehead atoms. The van der Waals surface area contributed by atoms with Crippen molar-refractivity contribution < 1.29 is 8.78 Å². The maximum atomic E-state index is 14.1. The molecule has 0 radical (unpaired) electrons. The number of hydrogen-bond acceptors (Lipinski definition) is 5. The maximum Gasteiger partial charge on any atom is 0.168 e. The van der Waals surface area contributed by atoms with Gasteiger partial charge < -0.3 is 4.90 Å². The molecule has 7 rings (SSSR count). The minimum atomic E-state index is -0.649. The van der Waals surface area contributed by atoms with E-state index in [-0.39, 0.29) is 11.2 Å². The van der Waals surface area contributed by atoms with Gasteiger partial charge in [0, 0.05) is 48.1 Å². The normalized spacial score (nSPS) is 21.8. The van der Waals surface area contributed by atoms with E-state index in [9.17, 15) is 8.78 Å². The summed E-state index contributed by atoms with van der Waals surface area (Å²) < 4.78 is 29.5. The Morgan fingerprint density at radius 1 is 1.03 bits per heavy atom. The minimum Gasteiger partial charge on any atom is -0.353 e. The molecule has 4 heterocycles. The van der Waals surface area contributed by atoms with Gasteiger partial charge in [0.2, 0.25) is 0 Å². The lowest BCUT2D eigenvalue weighted by Gasteiger charge is -2.59. The van der Waals surface area contributed by atoms with Crippen LogP contribution in [0.15, 0.2) is 30.5 Å². The fourth-order valence-electron chi connectivity index (χ4n) is 5.99. The van der Waals surface area contributed by atoms with Crippen LogP contribution in [0.1, 0.15) is 48.8 Å². The highest BCUT2D eigenvalue weighted by Gasteiger charge is 2.55. The third-order valence-corrected chi connectivity index (χ3v) is 7.92. The van der Waals surface area contributed by atoms with Gasteiger partial charge in [0.1, 0.15) is 11.6 Å². The Bertz CT molecular complexity index is 1260. The van der Waals surface area contributed by atoms with Gasteiger partial charge in [0.05, 0.1) is 18.4 Å². The molecule has 3 aromatic rings. The van der Waals surface area contributed by atoms with Crippen LogP contribution in [0.5, 0.6) is 0 Å². The number of aromatic nitrogens is 4. The van der Waals surface area contributed by atoms with Crippen LogP contribution in [0.3, 0.4) is 0 Å². The number of rotatable bonds is 3. The molecule has 2 aliphatic heterocycles. The van der Waals surface area contributed by atoms with Crippen molar-refractivity contribution in [1.29, 1.82) is 0 Å². The molecule has 2 aromatic heterocycles. The van der Waals surface area contributed by atoms with Crippen molar-refractivity contribution in [2.24, 2.45) is 5.41 Å². The van der Waals surface area contributed by atoms with Crippen molar-refractivity contribution in [3.05, 3.63) is 64.3 Å². The highest BCUT2D eigenvalue weighted by molar-refractivity contribution is 6.30. The smallest absolute Gasteiger partial charge is 0.168 e. The number of pyridine rings is 1. The van der Waals surface area contributed by atoms with Crippen LogP contribution < -0.4 is 4.90 Å². The zero-order chi connectivity index (χ0) is 22.3. The molecule has 170 valence electrons. The van der Waals surface area contributed by atoms with Gasteiger partial charge in [0.15, 0.2) is 17.5 Å². The fourth-order valence-corrected chi connectivity index (χ4v) is 6.19. The van der Waals surface area contributed by atoms with E-state index in [1.807, 2.05) is 11.0 Å². The summed E-state index contributed by atoms with van der Waals surface area (Å²) in [5.41, 5.74) is 2.50. The fraction of sp³-hybridized carbons (Fsp3) is 0.458. The first-order valence-corrected chi connectivity index (χ1v) is 11.9. The number of hydrogen-bond donors (Lipinski definition) is 0. The Morgan fingerprint density at radius 3 is 2.61 bits per heavy atom. The zero-order valence-corrected chi connectivity index (χ0v) is 18.8. The zero-order valence-electron chi connectivity index (χ0n) is 18.0. The van der Waals surface area contributed by atoms with Crippen LogP contribution in [-0.2, 0) is 13.1 Å². The monoisotopic (exact) mass is 468 g/mol. The van der Waals surface area contributed by atoms with E-state index in [1.165, 1.54) is 18.4 Å². The topological polar surface area (TPSA) is 50.1 Å². The molecule has 4 aliphatic rings. The quantitative estimate of drug-likeness (QED) is 0.568. The largest absolute Gasteiger partial charge is 0.353 e. The van der Waals surface area contributed by atoms with Crippen molar-refractivity contribution >= 4 is 17.4 Å². The van der Waals surface area contributed by atoms with Crippen LogP contribution in [0.2, 0.25) is 5.02 Å². The number of anilines is 1. The molecule has 6 nitrogen and oxygen atoms in total.